The molecule has 0 saturated carbocycles. The summed E-state index contributed by atoms with van der Waals surface area (Å²) in [5, 5.41) is 3.22. The maximum absolute atomic E-state index is 13.0. The van der Waals surface area contributed by atoms with Crippen molar-refractivity contribution < 1.29 is 4.79 Å². The Morgan fingerprint density at radius 3 is 2.18 bits per heavy atom. The van der Waals surface area contributed by atoms with E-state index in [0.29, 0.717) is 5.92 Å². The van der Waals surface area contributed by atoms with Crippen molar-refractivity contribution in [3.63, 3.8) is 0 Å². The lowest BCUT2D eigenvalue weighted by atomic mass is 9.98. The minimum absolute atomic E-state index is 0.0838. The molecule has 0 bridgehead atoms. The van der Waals surface area contributed by atoms with Gasteiger partial charge >= 0.3 is 0 Å². The summed E-state index contributed by atoms with van der Waals surface area (Å²) < 4.78 is 0. The first-order valence-corrected chi connectivity index (χ1v) is 10.3. The quantitative estimate of drug-likeness (QED) is 0.826. The van der Waals surface area contributed by atoms with Crippen molar-refractivity contribution in [1.82, 2.24) is 4.90 Å². The molecule has 0 aliphatic carbocycles. The summed E-state index contributed by atoms with van der Waals surface area (Å²) >= 11 is 0. The van der Waals surface area contributed by atoms with Gasteiger partial charge in [-0.3, -0.25) is 9.69 Å². The Bertz CT molecular complexity index is 822. The van der Waals surface area contributed by atoms with Crippen molar-refractivity contribution in [1.29, 1.82) is 0 Å². The van der Waals surface area contributed by atoms with Crippen molar-refractivity contribution in [2.24, 2.45) is 0 Å². The van der Waals surface area contributed by atoms with Gasteiger partial charge in [-0.1, -0.05) is 50.2 Å². The van der Waals surface area contributed by atoms with E-state index in [2.05, 4.69) is 85.3 Å². The van der Waals surface area contributed by atoms with Gasteiger partial charge in [-0.15, -0.1) is 0 Å². The predicted molar refractivity (Wildman–Crippen MR) is 118 cm³/mol. The molecule has 1 amide bonds. The van der Waals surface area contributed by atoms with Gasteiger partial charge in [0, 0.05) is 37.6 Å². The summed E-state index contributed by atoms with van der Waals surface area (Å²) in [7, 11) is 0. The smallest absolute Gasteiger partial charge is 0.241 e. The zero-order valence-electron chi connectivity index (χ0n) is 17.8. The largest absolute Gasteiger partial charge is 0.369 e. The number of hydrogen-bond donors (Lipinski definition) is 1. The fraction of sp³-hybridized carbons (Fsp3) is 0.458. The molecule has 1 fully saturated rings. The summed E-state index contributed by atoms with van der Waals surface area (Å²) in [6, 6.07) is 14.6. The second-order valence-corrected chi connectivity index (χ2v) is 8.17. The molecule has 0 spiro atoms. The van der Waals surface area contributed by atoms with Crippen molar-refractivity contribution >= 4 is 17.3 Å². The van der Waals surface area contributed by atoms with Crippen LogP contribution in [0.1, 0.15) is 43.4 Å². The molecule has 4 nitrogen and oxygen atoms in total. The number of carbonyl (C=O) groups excluding carboxylic acids is 1. The zero-order chi connectivity index (χ0) is 20.3. The Labute approximate surface area is 169 Å². The van der Waals surface area contributed by atoms with Gasteiger partial charge in [-0.05, 0) is 49.4 Å². The van der Waals surface area contributed by atoms with Crippen LogP contribution in [0.25, 0.3) is 0 Å². The Balaban J connectivity index is 1.64. The van der Waals surface area contributed by atoms with Gasteiger partial charge in [-0.25, -0.2) is 0 Å². The minimum Gasteiger partial charge on any atom is -0.369 e. The molecule has 28 heavy (non-hydrogen) atoms. The number of rotatable bonds is 5. The standard InChI is InChI=1S/C24H33N3O/c1-17(2)21-11-8-10-19(4)23(21)25-24(28)20(5)26-13-15-27(16-14-26)22-12-7-6-9-18(22)3/h6-12,17,20H,13-16H2,1-5H3,(H,25,28)/t20-/m0/s1. The van der Waals surface area contributed by atoms with Crippen LogP contribution < -0.4 is 10.2 Å². The fourth-order valence-electron chi connectivity index (χ4n) is 4.00. The monoisotopic (exact) mass is 379 g/mol. The number of aryl methyl sites for hydroxylation is 2. The minimum atomic E-state index is -0.140. The Morgan fingerprint density at radius 2 is 1.54 bits per heavy atom. The van der Waals surface area contributed by atoms with Gasteiger partial charge in [-0.2, -0.15) is 0 Å². The van der Waals surface area contributed by atoms with E-state index in [9.17, 15) is 4.79 Å². The third-order valence-electron chi connectivity index (χ3n) is 5.87. The van der Waals surface area contributed by atoms with E-state index < -0.39 is 0 Å². The lowest BCUT2D eigenvalue weighted by Gasteiger charge is -2.39. The summed E-state index contributed by atoms with van der Waals surface area (Å²) in [5.41, 5.74) is 5.91. The van der Waals surface area contributed by atoms with E-state index in [1.807, 2.05) is 6.92 Å². The van der Waals surface area contributed by atoms with Crippen LogP contribution in [-0.2, 0) is 4.79 Å². The predicted octanol–water partition coefficient (Wildman–Crippen LogP) is 4.58. The number of para-hydroxylation sites is 2. The maximum Gasteiger partial charge on any atom is 0.241 e. The maximum atomic E-state index is 13.0. The molecule has 0 radical (unpaired) electrons. The van der Waals surface area contributed by atoms with E-state index in [-0.39, 0.29) is 11.9 Å². The fourth-order valence-corrected chi connectivity index (χ4v) is 4.00. The molecule has 2 aromatic rings. The van der Waals surface area contributed by atoms with Gasteiger partial charge in [0.05, 0.1) is 6.04 Å². The topological polar surface area (TPSA) is 35.6 Å². The van der Waals surface area contributed by atoms with Gasteiger partial charge in [0.15, 0.2) is 0 Å². The third kappa shape index (κ3) is 4.39. The highest BCUT2D eigenvalue weighted by Gasteiger charge is 2.27. The molecule has 2 aromatic carbocycles. The number of anilines is 2. The van der Waals surface area contributed by atoms with Crippen LogP contribution >= 0.6 is 0 Å². The number of carbonyl (C=O) groups is 1. The van der Waals surface area contributed by atoms with Crippen LogP contribution in [-0.4, -0.2) is 43.0 Å². The van der Waals surface area contributed by atoms with Crippen molar-refractivity contribution in [3.8, 4) is 0 Å². The van der Waals surface area contributed by atoms with Gasteiger partial charge in [0.1, 0.15) is 0 Å². The van der Waals surface area contributed by atoms with E-state index in [0.717, 1.165) is 37.4 Å². The lowest BCUT2D eigenvalue weighted by Crippen LogP contribution is -2.53. The second-order valence-electron chi connectivity index (χ2n) is 8.17. The van der Waals surface area contributed by atoms with Crippen LogP contribution in [0, 0.1) is 13.8 Å². The number of piperazine rings is 1. The van der Waals surface area contributed by atoms with Crippen LogP contribution in [0.2, 0.25) is 0 Å². The first-order chi connectivity index (χ1) is 13.4. The molecule has 150 valence electrons. The van der Waals surface area contributed by atoms with Crippen molar-refractivity contribution in [2.45, 2.75) is 46.6 Å². The Morgan fingerprint density at radius 1 is 0.893 bits per heavy atom. The molecular formula is C24H33N3O. The van der Waals surface area contributed by atoms with Crippen LogP contribution in [0.5, 0.6) is 0 Å². The molecule has 1 saturated heterocycles. The highest BCUT2D eigenvalue weighted by atomic mass is 16.2. The molecule has 1 N–H and O–H groups in total. The van der Waals surface area contributed by atoms with E-state index >= 15 is 0 Å². The molecule has 1 atom stereocenters. The van der Waals surface area contributed by atoms with Gasteiger partial charge < -0.3 is 10.2 Å². The lowest BCUT2D eigenvalue weighted by molar-refractivity contribution is -0.120. The van der Waals surface area contributed by atoms with Crippen LogP contribution in [0.3, 0.4) is 0 Å². The molecule has 1 heterocycles. The van der Waals surface area contributed by atoms with Crippen LogP contribution in [0.15, 0.2) is 42.5 Å². The van der Waals surface area contributed by atoms with Gasteiger partial charge in [0.25, 0.3) is 0 Å². The van der Waals surface area contributed by atoms with E-state index in [4.69, 9.17) is 0 Å². The highest BCUT2D eigenvalue weighted by Crippen LogP contribution is 2.28. The van der Waals surface area contributed by atoms with Gasteiger partial charge in [0.2, 0.25) is 5.91 Å². The summed E-state index contributed by atoms with van der Waals surface area (Å²) in [6.45, 7) is 14.3. The Kier molecular flexibility index (Phi) is 6.40. The SMILES string of the molecule is Cc1ccccc1N1CCN([C@@H](C)C(=O)Nc2c(C)cccc2C(C)C)CC1. The second kappa shape index (κ2) is 8.78. The number of nitrogens with one attached hydrogen (secondary N) is 1. The number of hydrogen-bond acceptors (Lipinski definition) is 3. The molecule has 0 aromatic heterocycles. The average Bonchev–Trinajstić information content (AvgIpc) is 2.69. The Hall–Kier alpha value is -2.33. The number of nitrogens with zero attached hydrogens (tertiary/aromatic N) is 2. The van der Waals surface area contributed by atoms with E-state index in [1.54, 1.807) is 0 Å². The molecule has 3 rings (SSSR count). The van der Waals surface area contributed by atoms with Crippen molar-refractivity contribution in [2.75, 3.05) is 36.4 Å². The molecular weight excluding hydrogens is 346 g/mol. The summed E-state index contributed by atoms with van der Waals surface area (Å²) in [5.74, 6) is 0.462. The number of amides is 1. The third-order valence-corrected chi connectivity index (χ3v) is 5.87. The number of benzene rings is 2. The first kappa shape index (κ1) is 20.4. The normalized spacial score (nSPS) is 16.3. The summed E-state index contributed by atoms with van der Waals surface area (Å²) in [6.07, 6.45) is 0. The van der Waals surface area contributed by atoms with Crippen molar-refractivity contribution in [3.05, 3.63) is 59.2 Å². The molecule has 0 unspecified atom stereocenters. The molecule has 1 aliphatic heterocycles. The molecule has 4 heteroatoms. The highest BCUT2D eigenvalue weighted by molar-refractivity contribution is 5.96. The summed E-state index contributed by atoms with van der Waals surface area (Å²) in [4.78, 5) is 17.7. The molecule has 1 aliphatic rings. The zero-order valence-corrected chi connectivity index (χ0v) is 17.8. The van der Waals surface area contributed by atoms with E-state index in [1.165, 1.54) is 16.8 Å². The first-order valence-electron chi connectivity index (χ1n) is 10.3. The van der Waals surface area contributed by atoms with Crippen LogP contribution in [0.4, 0.5) is 11.4 Å². The average molecular weight is 380 g/mol.